The third-order valence-electron chi connectivity index (χ3n) is 2.03. The Labute approximate surface area is 92.2 Å². The predicted octanol–water partition coefficient (Wildman–Crippen LogP) is 1.77. The van der Waals surface area contributed by atoms with E-state index in [4.69, 9.17) is 5.73 Å². The van der Waals surface area contributed by atoms with Gasteiger partial charge in [0.1, 0.15) is 5.51 Å². The maximum absolute atomic E-state index is 5.60. The Morgan fingerprint density at radius 3 is 2.73 bits per heavy atom. The van der Waals surface area contributed by atoms with Gasteiger partial charge in [-0.25, -0.2) is 0 Å². The fourth-order valence-corrected chi connectivity index (χ4v) is 1.72. The Morgan fingerprint density at radius 1 is 1.27 bits per heavy atom. The fourth-order valence-electron chi connectivity index (χ4n) is 1.25. The van der Waals surface area contributed by atoms with E-state index < -0.39 is 0 Å². The predicted molar refractivity (Wildman–Crippen MR) is 63.0 cm³/mol. The van der Waals surface area contributed by atoms with Crippen molar-refractivity contribution in [2.75, 3.05) is 17.6 Å². The van der Waals surface area contributed by atoms with Gasteiger partial charge in [0.2, 0.25) is 5.13 Å². The molecule has 0 fully saturated rings. The number of rotatable bonds is 4. The first kappa shape index (κ1) is 9.92. The van der Waals surface area contributed by atoms with Crippen molar-refractivity contribution in [1.29, 1.82) is 0 Å². The molecular formula is C10H12N4S. The SMILES string of the molecule is Nc1ccc(CCNc2nncs2)cc1. The van der Waals surface area contributed by atoms with Crippen LogP contribution in [0.15, 0.2) is 29.8 Å². The molecule has 2 rings (SSSR count). The third-order valence-corrected chi connectivity index (χ3v) is 2.68. The average molecular weight is 220 g/mol. The first-order valence-electron chi connectivity index (χ1n) is 4.69. The van der Waals surface area contributed by atoms with Gasteiger partial charge in [0.05, 0.1) is 0 Å². The van der Waals surface area contributed by atoms with E-state index in [1.54, 1.807) is 5.51 Å². The van der Waals surface area contributed by atoms with Crippen molar-refractivity contribution < 1.29 is 0 Å². The monoisotopic (exact) mass is 220 g/mol. The fraction of sp³-hybridized carbons (Fsp3) is 0.200. The summed E-state index contributed by atoms with van der Waals surface area (Å²) in [4.78, 5) is 0. The highest BCUT2D eigenvalue weighted by Gasteiger charge is 1.95. The summed E-state index contributed by atoms with van der Waals surface area (Å²) < 4.78 is 0. The minimum Gasteiger partial charge on any atom is -0.399 e. The second-order valence-electron chi connectivity index (χ2n) is 3.16. The Hall–Kier alpha value is -1.62. The van der Waals surface area contributed by atoms with Gasteiger partial charge < -0.3 is 11.1 Å². The van der Waals surface area contributed by atoms with Crippen molar-refractivity contribution in [1.82, 2.24) is 10.2 Å². The number of nitrogens with one attached hydrogen (secondary N) is 1. The third kappa shape index (κ3) is 2.92. The normalized spacial score (nSPS) is 10.1. The van der Waals surface area contributed by atoms with Crippen LogP contribution in [-0.2, 0) is 6.42 Å². The van der Waals surface area contributed by atoms with E-state index >= 15 is 0 Å². The molecule has 0 aliphatic heterocycles. The minimum atomic E-state index is 0.802. The second-order valence-corrected chi connectivity index (χ2v) is 4.00. The van der Waals surface area contributed by atoms with Gasteiger partial charge >= 0.3 is 0 Å². The van der Waals surface area contributed by atoms with Crippen LogP contribution in [0, 0.1) is 0 Å². The molecule has 0 bridgehead atoms. The highest BCUT2D eigenvalue weighted by Crippen LogP contribution is 2.09. The van der Waals surface area contributed by atoms with Gasteiger partial charge in [0.25, 0.3) is 0 Å². The summed E-state index contributed by atoms with van der Waals surface area (Å²) >= 11 is 1.51. The number of hydrogen-bond donors (Lipinski definition) is 2. The molecule has 5 heteroatoms. The first-order chi connectivity index (χ1) is 7.34. The Morgan fingerprint density at radius 2 is 2.07 bits per heavy atom. The van der Waals surface area contributed by atoms with E-state index in [2.05, 4.69) is 15.5 Å². The van der Waals surface area contributed by atoms with Gasteiger partial charge in [0.15, 0.2) is 0 Å². The summed E-state index contributed by atoms with van der Waals surface area (Å²) in [5.74, 6) is 0. The molecule has 2 aromatic rings. The van der Waals surface area contributed by atoms with E-state index in [-0.39, 0.29) is 0 Å². The highest BCUT2D eigenvalue weighted by atomic mass is 32.1. The summed E-state index contributed by atoms with van der Waals surface area (Å²) in [7, 11) is 0. The zero-order valence-electron chi connectivity index (χ0n) is 8.18. The largest absolute Gasteiger partial charge is 0.399 e. The Bertz CT molecular complexity index is 396. The standard InChI is InChI=1S/C10H12N4S/c11-9-3-1-8(2-4-9)5-6-12-10-14-13-7-15-10/h1-4,7H,5-6,11H2,(H,12,14). The van der Waals surface area contributed by atoms with Crippen LogP contribution < -0.4 is 11.1 Å². The van der Waals surface area contributed by atoms with Crippen LogP contribution >= 0.6 is 11.3 Å². The average Bonchev–Trinajstić information content (AvgIpc) is 2.74. The molecule has 0 spiro atoms. The van der Waals surface area contributed by atoms with Crippen molar-refractivity contribution in [3.8, 4) is 0 Å². The van der Waals surface area contributed by atoms with E-state index in [0.29, 0.717) is 0 Å². The molecule has 4 nitrogen and oxygen atoms in total. The van der Waals surface area contributed by atoms with Crippen LogP contribution in [0.2, 0.25) is 0 Å². The number of nitrogen functional groups attached to an aromatic ring is 1. The lowest BCUT2D eigenvalue weighted by Crippen LogP contribution is -2.04. The zero-order chi connectivity index (χ0) is 10.5. The van der Waals surface area contributed by atoms with Crippen LogP contribution in [0.4, 0.5) is 10.8 Å². The van der Waals surface area contributed by atoms with Gasteiger partial charge in [-0.2, -0.15) is 0 Å². The number of hydrogen-bond acceptors (Lipinski definition) is 5. The molecule has 0 radical (unpaired) electrons. The van der Waals surface area contributed by atoms with Crippen molar-refractivity contribution >= 4 is 22.2 Å². The quantitative estimate of drug-likeness (QED) is 0.771. The van der Waals surface area contributed by atoms with Crippen LogP contribution in [0.5, 0.6) is 0 Å². The molecule has 0 aliphatic rings. The molecule has 0 amide bonds. The lowest BCUT2D eigenvalue weighted by molar-refractivity contribution is 0.995. The van der Waals surface area contributed by atoms with E-state index in [1.165, 1.54) is 16.9 Å². The summed E-state index contributed by atoms with van der Waals surface area (Å²) in [6.07, 6.45) is 0.958. The molecule has 0 saturated heterocycles. The molecule has 3 N–H and O–H groups in total. The maximum atomic E-state index is 5.60. The Balaban J connectivity index is 1.81. The van der Waals surface area contributed by atoms with Gasteiger partial charge in [-0.05, 0) is 24.1 Å². The molecule has 0 aliphatic carbocycles. The van der Waals surface area contributed by atoms with Crippen molar-refractivity contribution in [2.45, 2.75) is 6.42 Å². The van der Waals surface area contributed by atoms with E-state index in [9.17, 15) is 0 Å². The smallest absolute Gasteiger partial charge is 0.205 e. The van der Waals surface area contributed by atoms with Crippen LogP contribution in [0.3, 0.4) is 0 Å². The lowest BCUT2D eigenvalue weighted by Gasteiger charge is -2.02. The summed E-state index contributed by atoms with van der Waals surface area (Å²) in [6.45, 7) is 0.860. The van der Waals surface area contributed by atoms with Gasteiger partial charge in [-0.3, -0.25) is 0 Å². The van der Waals surface area contributed by atoms with Gasteiger partial charge in [-0.1, -0.05) is 23.5 Å². The molecule has 0 unspecified atom stereocenters. The van der Waals surface area contributed by atoms with Gasteiger partial charge in [0, 0.05) is 12.2 Å². The molecule has 78 valence electrons. The van der Waals surface area contributed by atoms with Crippen molar-refractivity contribution in [3.63, 3.8) is 0 Å². The van der Waals surface area contributed by atoms with E-state index in [0.717, 1.165) is 23.8 Å². The van der Waals surface area contributed by atoms with Crippen molar-refractivity contribution in [2.24, 2.45) is 0 Å². The van der Waals surface area contributed by atoms with Crippen LogP contribution in [-0.4, -0.2) is 16.7 Å². The number of benzene rings is 1. The molecule has 1 aromatic heterocycles. The summed E-state index contributed by atoms with van der Waals surface area (Å²) in [5, 5.41) is 11.7. The number of nitrogens with two attached hydrogens (primary N) is 1. The summed E-state index contributed by atoms with van der Waals surface area (Å²) in [6, 6.07) is 7.91. The molecule has 1 aromatic carbocycles. The number of aromatic nitrogens is 2. The lowest BCUT2D eigenvalue weighted by atomic mass is 10.1. The second kappa shape index (κ2) is 4.75. The highest BCUT2D eigenvalue weighted by molar-refractivity contribution is 7.13. The maximum Gasteiger partial charge on any atom is 0.205 e. The summed E-state index contributed by atoms with van der Waals surface area (Å²) in [5.41, 5.74) is 9.38. The van der Waals surface area contributed by atoms with Crippen molar-refractivity contribution in [3.05, 3.63) is 35.3 Å². The number of nitrogens with zero attached hydrogens (tertiary/aromatic N) is 2. The van der Waals surface area contributed by atoms with Crippen LogP contribution in [0.1, 0.15) is 5.56 Å². The molecule has 0 saturated carbocycles. The molecule has 1 heterocycles. The van der Waals surface area contributed by atoms with Gasteiger partial charge in [-0.15, -0.1) is 10.2 Å². The number of anilines is 2. The molecule has 15 heavy (non-hydrogen) atoms. The zero-order valence-corrected chi connectivity index (χ0v) is 9.00. The molecule has 0 atom stereocenters. The first-order valence-corrected chi connectivity index (χ1v) is 5.57. The molecular weight excluding hydrogens is 208 g/mol. The Kier molecular flexibility index (Phi) is 3.14. The minimum absolute atomic E-state index is 0.802. The van der Waals surface area contributed by atoms with E-state index in [1.807, 2.05) is 24.3 Å². The topological polar surface area (TPSA) is 63.8 Å². The van der Waals surface area contributed by atoms with Crippen LogP contribution in [0.25, 0.3) is 0 Å².